The minimum absolute atomic E-state index is 0.156. The van der Waals surface area contributed by atoms with Gasteiger partial charge in [0.05, 0.1) is 4.83 Å². The first-order valence-electron chi connectivity index (χ1n) is 5.81. The monoisotopic (exact) mass is 306 g/mol. The van der Waals surface area contributed by atoms with Crippen molar-refractivity contribution in [2.75, 3.05) is 0 Å². The molecule has 100 valence electrons. The number of nitrogens with one attached hydrogen (secondary N) is 2. The van der Waals surface area contributed by atoms with Crippen molar-refractivity contribution >= 4 is 27.7 Å². The molecule has 0 aliphatic carbocycles. The molecule has 2 amide bonds. The minimum Gasteiger partial charge on any atom is -0.350 e. The fourth-order valence-electron chi connectivity index (χ4n) is 1.14. The molecule has 2 N–H and O–H groups in total. The van der Waals surface area contributed by atoms with Crippen molar-refractivity contribution in [3.05, 3.63) is 0 Å². The van der Waals surface area contributed by atoms with Gasteiger partial charge >= 0.3 is 0 Å². The van der Waals surface area contributed by atoms with Gasteiger partial charge < -0.3 is 10.6 Å². The summed E-state index contributed by atoms with van der Waals surface area (Å²) in [6.07, 6.45) is 0. The van der Waals surface area contributed by atoms with E-state index < -0.39 is 6.04 Å². The van der Waals surface area contributed by atoms with Crippen molar-refractivity contribution in [1.82, 2.24) is 10.6 Å². The third-order valence-electron chi connectivity index (χ3n) is 2.09. The van der Waals surface area contributed by atoms with E-state index in [-0.39, 0.29) is 28.1 Å². The maximum Gasteiger partial charge on any atom is 0.242 e. The summed E-state index contributed by atoms with van der Waals surface area (Å²) in [4.78, 5) is 23.2. The maximum atomic E-state index is 11.7. The summed E-state index contributed by atoms with van der Waals surface area (Å²) in [6, 6.07) is -0.527. The molecule has 0 radical (unpaired) electrons. The van der Waals surface area contributed by atoms with Crippen LogP contribution >= 0.6 is 15.9 Å². The summed E-state index contributed by atoms with van der Waals surface area (Å²) in [5, 5.41) is 5.51. The number of carbonyl (C=O) groups excluding carboxylic acids is 2. The average Bonchev–Trinajstić information content (AvgIpc) is 2.13. The minimum atomic E-state index is -0.527. The smallest absolute Gasteiger partial charge is 0.242 e. The first-order valence-corrected chi connectivity index (χ1v) is 6.72. The van der Waals surface area contributed by atoms with Crippen LogP contribution in [-0.2, 0) is 9.59 Å². The maximum absolute atomic E-state index is 11.7. The Morgan fingerprint density at radius 3 is 1.88 bits per heavy atom. The van der Waals surface area contributed by atoms with Gasteiger partial charge in [-0.25, -0.2) is 0 Å². The van der Waals surface area contributed by atoms with E-state index in [4.69, 9.17) is 0 Å². The summed E-state index contributed by atoms with van der Waals surface area (Å²) in [6.45, 7) is 11.3. The molecule has 0 saturated carbocycles. The van der Waals surface area contributed by atoms with Crippen molar-refractivity contribution in [1.29, 1.82) is 0 Å². The molecule has 0 aliphatic rings. The zero-order valence-corrected chi connectivity index (χ0v) is 13.0. The highest BCUT2D eigenvalue weighted by Crippen LogP contribution is 2.12. The van der Waals surface area contributed by atoms with Crippen molar-refractivity contribution in [2.24, 2.45) is 5.92 Å². The van der Waals surface area contributed by atoms with Gasteiger partial charge in [-0.1, -0.05) is 29.8 Å². The van der Waals surface area contributed by atoms with Crippen molar-refractivity contribution < 1.29 is 9.59 Å². The fourth-order valence-corrected chi connectivity index (χ4v) is 1.27. The molecule has 0 aromatic rings. The third kappa shape index (κ3) is 6.66. The van der Waals surface area contributed by atoms with E-state index >= 15 is 0 Å². The quantitative estimate of drug-likeness (QED) is 0.779. The van der Waals surface area contributed by atoms with Gasteiger partial charge in [0.2, 0.25) is 11.8 Å². The summed E-state index contributed by atoms with van der Waals surface area (Å²) in [5.41, 5.74) is -0.290. The van der Waals surface area contributed by atoms with E-state index in [1.165, 1.54) is 0 Å². The van der Waals surface area contributed by atoms with Gasteiger partial charge in [0, 0.05) is 5.54 Å². The first kappa shape index (κ1) is 16.4. The molecule has 17 heavy (non-hydrogen) atoms. The van der Waals surface area contributed by atoms with Crippen LogP contribution in [0, 0.1) is 5.92 Å². The molecule has 0 spiro atoms. The number of halogens is 1. The SMILES string of the molecule is CC(NC(=O)C(Br)C(C)C)C(=O)NC(C)(C)C. The molecule has 2 unspecified atom stereocenters. The summed E-state index contributed by atoms with van der Waals surface area (Å²) >= 11 is 3.30. The van der Waals surface area contributed by atoms with Crippen LogP contribution in [0.1, 0.15) is 41.5 Å². The second-order valence-corrected chi connectivity index (χ2v) is 6.60. The zero-order chi connectivity index (χ0) is 13.8. The number of hydrogen-bond donors (Lipinski definition) is 2. The molecule has 0 fully saturated rings. The predicted molar refractivity (Wildman–Crippen MR) is 73.1 cm³/mol. The molecule has 2 atom stereocenters. The lowest BCUT2D eigenvalue weighted by Gasteiger charge is -2.24. The molecular formula is C12H23BrN2O2. The number of carbonyl (C=O) groups is 2. The van der Waals surface area contributed by atoms with Crippen molar-refractivity contribution in [2.45, 2.75) is 58.0 Å². The van der Waals surface area contributed by atoms with Gasteiger partial charge in [0.1, 0.15) is 6.04 Å². The molecule has 4 nitrogen and oxygen atoms in total. The van der Waals surface area contributed by atoms with Gasteiger partial charge in [-0.2, -0.15) is 0 Å². The molecule has 0 saturated heterocycles. The number of alkyl halides is 1. The van der Waals surface area contributed by atoms with Crippen LogP contribution in [0.2, 0.25) is 0 Å². The Labute approximate surface area is 112 Å². The zero-order valence-electron chi connectivity index (χ0n) is 11.4. The van der Waals surface area contributed by atoms with E-state index in [1.54, 1.807) is 6.92 Å². The van der Waals surface area contributed by atoms with Gasteiger partial charge in [-0.3, -0.25) is 9.59 Å². The second kappa shape index (κ2) is 6.38. The Morgan fingerprint density at radius 1 is 1.06 bits per heavy atom. The molecule has 0 aromatic carbocycles. The van der Waals surface area contributed by atoms with Gasteiger partial charge in [0.15, 0.2) is 0 Å². The molecule has 0 bridgehead atoms. The van der Waals surface area contributed by atoms with Gasteiger partial charge in [-0.05, 0) is 33.6 Å². The normalized spacial score (nSPS) is 15.3. The highest BCUT2D eigenvalue weighted by atomic mass is 79.9. The standard InChI is InChI=1S/C12H23BrN2O2/c1-7(2)9(13)11(17)14-8(3)10(16)15-12(4,5)6/h7-9H,1-6H3,(H,14,17)(H,15,16). The molecule has 0 aliphatic heterocycles. The Morgan fingerprint density at radius 2 is 1.53 bits per heavy atom. The van der Waals surface area contributed by atoms with E-state index in [9.17, 15) is 9.59 Å². The molecule has 0 rings (SSSR count). The Balaban J connectivity index is 4.31. The Hall–Kier alpha value is -0.580. The average molecular weight is 307 g/mol. The topological polar surface area (TPSA) is 58.2 Å². The highest BCUT2D eigenvalue weighted by molar-refractivity contribution is 9.10. The van der Waals surface area contributed by atoms with Gasteiger partial charge in [-0.15, -0.1) is 0 Å². The van der Waals surface area contributed by atoms with Crippen LogP contribution in [0.4, 0.5) is 0 Å². The van der Waals surface area contributed by atoms with Crippen molar-refractivity contribution in [3.63, 3.8) is 0 Å². The predicted octanol–water partition coefficient (Wildman–Crippen LogP) is 1.83. The Kier molecular flexibility index (Phi) is 6.16. The first-order chi connectivity index (χ1) is 7.54. The number of hydrogen-bond acceptors (Lipinski definition) is 2. The van der Waals surface area contributed by atoms with E-state index in [0.717, 1.165) is 0 Å². The number of rotatable bonds is 4. The third-order valence-corrected chi connectivity index (χ3v) is 3.56. The van der Waals surface area contributed by atoms with Crippen LogP contribution in [0.15, 0.2) is 0 Å². The highest BCUT2D eigenvalue weighted by Gasteiger charge is 2.24. The lowest BCUT2D eigenvalue weighted by atomic mass is 10.1. The Bertz CT molecular complexity index is 285. The van der Waals surface area contributed by atoms with Crippen molar-refractivity contribution in [3.8, 4) is 0 Å². The van der Waals surface area contributed by atoms with Crippen LogP contribution < -0.4 is 10.6 Å². The molecule has 0 aromatic heterocycles. The fraction of sp³-hybridized carbons (Fsp3) is 0.833. The lowest BCUT2D eigenvalue weighted by Crippen LogP contribution is -2.52. The van der Waals surface area contributed by atoms with Crippen LogP contribution in [0.3, 0.4) is 0 Å². The van der Waals surface area contributed by atoms with E-state index in [0.29, 0.717) is 0 Å². The van der Waals surface area contributed by atoms with Crippen LogP contribution in [0.25, 0.3) is 0 Å². The summed E-state index contributed by atoms with van der Waals surface area (Å²) in [5.74, 6) is -0.140. The molecular weight excluding hydrogens is 284 g/mol. The van der Waals surface area contributed by atoms with E-state index in [2.05, 4.69) is 26.6 Å². The van der Waals surface area contributed by atoms with E-state index in [1.807, 2.05) is 34.6 Å². The molecule has 5 heteroatoms. The lowest BCUT2D eigenvalue weighted by molar-refractivity contribution is -0.129. The van der Waals surface area contributed by atoms with Crippen LogP contribution in [-0.4, -0.2) is 28.2 Å². The van der Waals surface area contributed by atoms with Crippen LogP contribution in [0.5, 0.6) is 0 Å². The second-order valence-electron chi connectivity index (χ2n) is 5.62. The molecule has 0 heterocycles. The largest absolute Gasteiger partial charge is 0.350 e. The number of amides is 2. The summed E-state index contributed by atoms with van der Waals surface area (Å²) < 4.78 is 0. The van der Waals surface area contributed by atoms with Gasteiger partial charge in [0.25, 0.3) is 0 Å². The summed E-state index contributed by atoms with van der Waals surface area (Å²) in [7, 11) is 0.